The number of nitrogens with zero attached hydrogens (tertiary/aromatic N) is 3. The van der Waals surface area contributed by atoms with Gasteiger partial charge in [-0.15, -0.1) is 0 Å². The average Bonchev–Trinajstić information content (AvgIpc) is 3.33. The van der Waals surface area contributed by atoms with Gasteiger partial charge < -0.3 is 9.47 Å². The topological polar surface area (TPSA) is 72.3 Å². The number of hydrogen-bond acceptors (Lipinski definition) is 5. The van der Waals surface area contributed by atoms with Gasteiger partial charge in [0.2, 0.25) is 5.91 Å². The first-order chi connectivity index (χ1) is 13.9. The van der Waals surface area contributed by atoms with Crippen LogP contribution in [-0.4, -0.2) is 58.1 Å². The van der Waals surface area contributed by atoms with Crippen LogP contribution in [0.3, 0.4) is 0 Å². The number of sulfone groups is 1. The second-order valence-electron chi connectivity index (χ2n) is 7.55. The van der Waals surface area contributed by atoms with Gasteiger partial charge in [-0.05, 0) is 43.9 Å². The van der Waals surface area contributed by atoms with Crippen molar-refractivity contribution in [2.75, 3.05) is 17.3 Å². The zero-order valence-corrected chi connectivity index (χ0v) is 19.5. The van der Waals surface area contributed by atoms with E-state index in [0.717, 1.165) is 40.3 Å². The molecule has 0 radical (unpaired) electrons. The van der Waals surface area contributed by atoms with E-state index in [4.69, 9.17) is 0 Å². The summed E-state index contributed by atoms with van der Waals surface area (Å²) in [5.74, 6) is 0.606. The molecule has 2 heterocycles. The van der Waals surface area contributed by atoms with Gasteiger partial charge >= 0.3 is 0 Å². The summed E-state index contributed by atoms with van der Waals surface area (Å²) in [6, 6.07) is 8.14. The van der Waals surface area contributed by atoms with E-state index >= 15 is 0 Å². The Morgan fingerprint density at radius 1 is 1.24 bits per heavy atom. The van der Waals surface area contributed by atoms with Crippen LogP contribution in [0.5, 0.6) is 0 Å². The Morgan fingerprint density at radius 3 is 2.55 bits per heavy atom. The molecule has 2 aliphatic rings. The van der Waals surface area contributed by atoms with Gasteiger partial charge in [0.1, 0.15) is 0 Å². The number of carbonyl (C=O) groups is 1. The van der Waals surface area contributed by atoms with Gasteiger partial charge in [-0.1, -0.05) is 39.8 Å². The highest BCUT2D eigenvalue weighted by Gasteiger charge is 2.42. The van der Waals surface area contributed by atoms with Gasteiger partial charge in [-0.2, -0.15) is 0 Å². The fourth-order valence-corrected chi connectivity index (χ4v) is 6.77. The predicted molar refractivity (Wildman–Crippen MR) is 119 cm³/mol. The number of benzene rings is 1. The molecule has 1 aromatic heterocycles. The predicted octanol–water partition coefficient (Wildman–Crippen LogP) is 3.60. The van der Waals surface area contributed by atoms with Crippen molar-refractivity contribution in [3.8, 4) is 11.3 Å². The highest BCUT2D eigenvalue weighted by atomic mass is 79.9. The van der Waals surface area contributed by atoms with Gasteiger partial charge in [-0.25, -0.2) is 13.4 Å². The first-order valence-corrected chi connectivity index (χ1v) is 13.4. The molecule has 29 heavy (non-hydrogen) atoms. The van der Waals surface area contributed by atoms with Crippen molar-refractivity contribution in [3.63, 3.8) is 0 Å². The molecule has 0 spiro atoms. The lowest BCUT2D eigenvalue weighted by Crippen LogP contribution is -2.43. The average molecular weight is 498 g/mol. The number of carbonyl (C=O) groups excluding carboxylic acids is 1. The molecular formula is C20H24BrN3O3S2. The molecule has 2 fully saturated rings. The van der Waals surface area contributed by atoms with Gasteiger partial charge in [0.15, 0.2) is 15.0 Å². The molecule has 1 aliphatic carbocycles. The molecule has 1 aromatic carbocycles. The summed E-state index contributed by atoms with van der Waals surface area (Å²) in [6.07, 6.45) is 4.36. The van der Waals surface area contributed by atoms with E-state index < -0.39 is 9.84 Å². The third kappa shape index (κ3) is 4.72. The first-order valence-electron chi connectivity index (χ1n) is 9.84. The maximum Gasteiger partial charge on any atom is 0.233 e. The number of thioether (sulfide) groups is 1. The van der Waals surface area contributed by atoms with E-state index in [-0.39, 0.29) is 35.2 Å². The number of hydrogen-bond donors (Lipinski definition) is 0. The lowest BCUT2D eigenvalue weighted by molar-refractivity contribution is -0.130. The second-order valence-corrected chi connectivity index (χ2v) is 11.6. The lowest BCUT2D eigenvalue weighted by Gasteiger charge is -2.28. The minimum Gasteiger partial charge on any atom is -0.335 e. The molecule has 1 aliphatic heterocycles. The van der Waals surface area contributed by atoms with Crippen LogP contribution in [-0.2, 0) is 21.2 Å². The molecule has 0 N–H and O–H groups in total. The summed E-state index contributed by atoms with van der Waals surface area (Å²) < 4.78 is 26.9. The van der Waals surface area contributed by atoms with Crippen LogP contribution >= 0.6 is 27.7 Å². The van der Waals surface area contributed by atoms with Crippen molar-refractivity contribution in [3.05, 3.63) is 34.9 Å². The molecular weight excluding hydrogens is 474 g/mol. The highest BCUT2D eigenvalue weighted by Crippen LogP contribution is 2.34. The highest BCUT2D eigenvalue weighted by molar-refractivity contribution is 9.10. The van der Waals surface area contributed by atoms with Gasteiger partial charge in [0, 0.05) is 23.1 Å². The van der Waals surface area contributed by atoms with E-state index in [1.54, 1.807) is 0 Å². The van der Waals surface area contributed by atoms with Crippen molar-refractivity contribution in [2.45, 2.75) is 50.0 Å². The molecule has 4 rings (SSSR count). The molecule has 1 saturated carbocycles. The van der Waals surface area contributed by atoms with Crippen molar-refractivity contribution >= 4 is 43.4 Å². The summed E-state index contributed by atoms with van der Waals surface area (Å²) >= 11 is 4.89. The third-order valence-electron chi connectivity index (χ3n) is 5.43. The Kier molecular flexibility index (Phi) is 6.09. The van der Waals surface area contributed by atoms with Crippen molar-refractivity contribution < 1.29 is 13.2 Å². The lowest BCUT2D eigenvalue weighted by atomic mass is 10.2. The Bertz CT molecular complexity index is 1000. The summed E-state index contributed by atoms with van der Waals surface area (Å²) in [7, 11) is -3.01. The molecule has 6 nitrogen and oxygen atoms in total. The largest absolute Gasteiger partial charge is 0.335 e. The number of imidazole rings is 1. The summed E-state index contributed by atoms with van der Waals surface area (Å²) in [5, 5.41) is 0.813. The quantitative estimate of drug-likeness (QED) is 0.546. The van der Waals surface area contributed by atoms with Crippen molar-refractivity contribution in [1.82, 2.24) is 14.5 Å². The van der Waals surface area contributed by atoms with Crippen LogP contribution in [0.25, 0.3) is 11.3 Å². The van der Waals surface area contributed by atoms with Gasteiger partial charge in [0.25, 0.3) is 0 Å². The van der Waals surface area contributed by atoms with E-state index in [1.807, 2.05) is 35.4 Å². The summed E-state index contributed by atoms with van der Waals surface area (Å²) in [5.41, 5.74) is 2.10. The number of halogens is 1. The SMILES string of the molecule is CCn1c(-c2ccc(Br)cc2)cnc1SCC(=O)N(C1CC1)[C@@H]1CCS(=O)(=O)C1. The Hall–Kier alpha value is -1.32. The molecule has 0 unspecified atom stereocenters. The van der Waals surface area contributed by atoms with E-state index in [2.05, 4.69) is 32.4 Å². The van der Waals surface area contributed by atoms with Crippen LogP contribution in [0.4, 0.5) is 0 Å². The second kappa shape index (κ2) is 8.43. The first kappa shape index (κ1) is 20.9. The maximum atomic E-state index is 13.0. The number of rotatable bonds is 7. The van der Waals surface area contributed by atoms with Crippen LogP contribution in [0.2, 0.25) is 0 Å². The van der Waals surface area contributed by atoms with Gasteiger partial charge in [0.05, 0.1) is 29.1 Å². The minimum atomic E-state index is -3.01. The van der Waals surface area contributed by atoms with E-state index in [9.17, 15) is 13.2 Å². The van der Waals surface area contributed by atoms with Gasteiger partial charge in [-0.3, -0.25) is 4.79 Å². The van der Waals surface area contributed by atoms with Crippen molar-refractivity contribution in [1.29, 1.82) is 0 Å². The molecule has 2 aromatic rings. The fourth-order valence-electron chi connectivity index (χ4n) is 3.88. The normalized spacial score (nSPS) is 20.7. The van der Waals surface area contributed by atoms with E-state index in [1.165, 1.54) is 11.8 Å². The maximum absolute atomic E-state index is 13.0. The Balaban J connectivity index is 1.47. The molecule has 9 heteroatoms. The Morgan fingerprint density at radius 2 is 1.97 bits per heavy atom. The zero-order valence-electron chi connectivity index (χ0n) is 16.3. The zero-order chi connectivity index (χ0) is 20.6. The Labute approximate surface area is 184 Å². The molecule has 1 saturated heterocycles. The molecule has 1 amide bonds. The summed E-state index contributed by atoms with van der Waals surface area (Å²) in [4.78, 5) is 19.4. The smallest absolute Gasteiger partial charge is 0.233 e. The van der Waals surface area contributed by atoms with E-state index in [0.29, 0.717) is 6.42 Å². The molecule has 1 atom stereocenters. The van der Waals surface area contributed by atoms with Crippen LogP contribution < -0.4 is 0 Å². The molecule has 156 valence electrons. The number of amides is 1. The monoisotopic (exact) mass is 497 g/mol. The van der Waals surface area contributed by atoms with Crippen LogP contribution in [0.15, 0.2) is 40.1 Å². The standard InChI is InChI=1S/C20H24BrN3O3S2/c1-2-23-18(14-3-5-15(21)6-4-14)11-22-20(23)28-12-19(25)24(16-7-8-16)17-9-10-29(26,27)13-17/h3-6,11,16-17H,2,7-10,12-13H2,1H3/t17-/m1/s1. The van der Waals surface area contributed by atoms with Crippen molar-refractivity contribution in [2.24, 2.45) is 0 Å². The van der Waals surface area contributed by atoms with Crippen LogP contribution in [0, 0.1) is 0 Å². The molecule has 0 bridgehead atoms. The van der Waals surface area contributed by atoms with Crippen LogP contribution in [0.1, 0.15) is 26.2 Å². The minimum absolute atomic E-state index is 0.0236. The summed E-state index contributed by atoms with van der Waals surface area (Å²) in [6.45, 7) is 2.82. The fraction of sp³-hybridized carbons (Fsp3) is 0.500. The number of aromatic nitrogens is 2. The third-order valence-corrected chi connectivity index (χ3v) is 8.68.